The van der Waals surface area contributed by atoms with Crippen LogP contribution in [0.5, 0.6) is 0 Å². The highest BCUT2D eigenvalue weighted by molar-refractivity contribution is 5.94. The summed E-state index contributed by atoms with van der Waals surface area (Å²) < 4.78 is 0. The highest BCUT2D eigenvalue weighted by Crippen LogP contribution is 2.19. The van der Waals surface area contributed by atoms with Crippen LogP contribution in [0.25, 0.3) is 10.8 Å². The van der Waals surface area contributed by atoms with E-state index in [4.69, 9.17) is 0 Å². The van der Waals surface area contributed by atoms with Crippen molar-refractivity contribution in [2.45, 2.75) is 33.1 Å². The molecule has 2 N–H and O–H groups in total. The Morgan fingerprint density at radius 1 is 1.32 bits per heavy atom. The minimum Gasteiger partial charge on any atom is -0.326 e. The van der Waals surface area contributed by atoms with Gasteiger partial charge in [0.05, 0.1) is 11.1 Å². The summed E-state index contributed by atoms with van der Waals surface area (Å²) in [6.45, 7) is 3.85. The van der Waals surface area contributed by atoms with Crippen LogP contribution in [0.3, 0.4) is 0 Å². The van der Waals surface area contributed by atoms with Crippen molar-refractivity contribution in [3.63, 3.8) is 0 Å². The maximum Gasteiger partial charge on any atom is 0.272 e. The Morgan fingerprint density at radius 2 is 2.11 bits per heavy atom. The number of fused-ring (bicyclic) bond motifs is 1. The maximum absolute atomic E-state index is 11.8. The second-order valence-electron chi connectivity index (χ2n) is 4.41. The lowest BCUT2D eigenvalue weighted by molar-refractivity contribution is -0.115. The Balaban J connectivity index is 2.50. The number of benzene rings is 1. The van der Waals surface area contributed by atoms with Gasteiger partial charge in [-0.15, -0.1) is 0 Å². The fourth-order valence-corrected chi connectivity index (χ4v) is 1.98. The highest BCUT2D eigenvalue weighted by atomic mass is 16.1. The summed E-state index contributed by atoms with van der Waals surface area (Å²) in [5, 5.41) is 10.7. The van der Waals surface area contributed by atoms with Gasteiger partial charge in [0, 0.05) is 17.5 Å². The average molecular weight is 259 g/mol. The van der Waals surface area contributed by atoms with Gasteiger partial charge in [-0.05, 0) is 18.6 Å². The fourth-order valence-electron chi connectivity index (χ4n) is 1.98. The van der Waals surface area contributed by atoms with Crippen molar-refractivity contribution in [2.75, 3.05) is 5.32 Å². The summed E-state index contributed by atoms with van der Waals surface area (Å²) in [5.41, 5.74) is 1.28. The van der Waals surface area contributed by atoms with E-state index in [2.05, 4.69) is 22.4 Å². The second kappa shape index (κ2) is 5.65. The molecule has 100 valence electrons. The third kappa shape index (κ3) is 2.81. The first-order valence-electron chi connectivity index (χ1n) is 6.46. The van der Waals surface area contributed by atoms with Gasteiger partial charge in [0.2, 0.25) is 5.91 Å². The first-order valence-corrected chi connectivity index (χ1v) is 6.46. The van der Waals surface area contributed by atoms with Crippen molar-refractivity contribution >= 4 is 22.4 Å². The molecule has 0 unspecified atom stereocenters. The van der Waals surface area contributed by atoms with Crippen LogP contribution in [0.2, 0.25) is 0 Å². The molecule has 0 aliphatic rings. The Labute approximate surface area is 111 Å². The van der Waals surface area contributed by atoms with E-state index < -0.39 is 0 Å². The first kappa shape index (κ1) is 13.3. The van der Waals surface area contributed by atoms with Gasteiger partial charge in [-0.3, -0.25) is 9.59 Å². The summed E-state index contributed by atoms with van der Waals surface area (Å²) in [7, 11) is 0. The molecule has 1 aromatic carbocycles. The van der Waals surface area contributed by atoms with E-state index >= 15 is 0 Å². The van der Waals surface area contributed by atoms with Gasteiger partial charge < -0.3 is 5.32 Å². The zero-order valence-corrected chi connectivity index (χ0v) is 11.1. The van der Waals surface area contributed by atoms with Crippen molar-refractivity contribution in [1.82, 2.24) is 10.2 Å². The Hall–Kier alpha value is -2.17. The largest absolute Gasteiger partial charge is 0.326 e. The molecule has 0 aliphatic carbocycles. The summed E-state index contributed by atoms with van der Waals surface area (Å²) in [4.78, 5) is 23.2. The molecule has 0 fully saturated rings. The molecular formula is C14H17N3O2. The van der Waals surface area contributed by atoms with Crippen molar-refractivity contribution in [3.8, 4) is 0 Å². The molecule has 5 nitrogen and oxygen atoms in total. The van der Waals surface area contributed by atoms with Gasteiger partial charge in [-0.1, -0.05) is 26.3 Å². The van der Waals surface area contributed by atoms with Crippen LogP contribution in [0.15, 0.2) is 23.0 Å². The van der Waals surface area contributed by atoms with Crippen molar-refractivity contribution in [2.24, 2.45) is 0 Å². The van der Waals surface area contributed by atoms with Gasteiger partial charge in [0.25, 0.3) is 5.56 Å². The Kier molecular flexibility index (Phi) is 3.94. The molecule has 1 amide bonds. The standard InChI is InChI=1S/C14H17N3O2/c1-3-5-12-10-7-6-9(15-13(18)4-2)8-11(10)14(19)17-16-12/h6-8H,3-5H2,1-2H3,(H,15,18)(H,17,19). The van der Waals surface area contributed by atoms with Gasteiger partial charge in [-0.2, -0.15) is 5.10 Å². The molecule has 2 rings (SSSR count). The van der Waals surface area contributed by atoms with Gasteiger partial charge >= 0.3 is 0 Å². The van der Waals surface area contributed by atoms with Crippen LogP contribution in [-0.2, 0) is 11.2 Å². The van der Waals surface area contributed by atoms with Crippen LogP contribution in [0, 0.1) is 0 Å². The molecule has 19 heavy (non-hydrogen) atoms. The number of carbonyl (C=O) groups excluding carboxylic acids is 1. The number of aryl methyl sites for hydroxylation is 1. The molecule has 1 heterocycles. The number of nitrogens with zero attached hydrogens (tertiary/aromatic N) is 1. The molecule has 0 atom stereocenters. The summed E-state index contributed by atoms with van der Waals surface area (Å²) >= 11 is 0. The van der Waals surface area contributed by atoms with Gasteiger partial charge in [0.15, 0.2) is 0 Å². The summed E-state index contributed by atoms with van der Waals surface area (Å²) in [5.74, 6) is -0.0707. The number of H-pyrrole nitrogens is 1. The van der Waals surface area contributed by atoms with Crippen molar-refractivity contribution in [1.29, 1.82) is 0 Å². The van der Waals surface area contributed by atoms with E-state index in [-0.39, 0.29) is 11.5 Å². The smallest absolute Gasteiger partial charge is 0.272 e. The zero-order chi connectivity index (χ0) is 13.8. The SMILES string of the molecule is CCCc1n[nH]c(=O)c2cc(NC(=O)CC)ccc12. The lowest BCUT2D eigenvalue weighted by Gasteiger charge is -2.07. The number of nitrogens with one attached hydrogen (secondary N) is 2. The molecular weight excluding hydrogens is 242 g/mol. The third-order valence-corrected chi connectivity index (χ3v) is 2.96. The second-order valence-corrected chi connectivity index (χ2v) is 4.41. The molecule has 0 saturated heterocycles. The molecule has 0 saturated carbocycles. The number of rotatable bonds is 4. The number of hydrogen-bond donors (Lipinski definition) is 2. The monoisotopic (exact) mass is 259 g/mol. The van der Waals surface area contributed by atoms with Crippen LogP contribution in [0.1, 0.15) is 32.4 Å². The number of amides is 1. The molecule has 5 heteroatoms. The molecule has 1 aromatic heterocycles. The van der Waals surface area contributed by atoms with E-state index in [1.54, 1.807) is 19.1 Å². The lowest BCUT2D eigenvalue weighted by atomic mass is 10.1. The molecule has 2 aromatic rings. The molecule has 0 radical (unpaired) electrons. The van der Waals surface area contributed by atoms with Crippen LogP contribution in [0.4, 0.5) is 5.69 Å². The van der Waals surface area contributed by atoms with E-state index in [0.717, 1.165) is 23.9 Å². The number of anilines is 1. The molecule has 0 aliphatic heterocycles. The van der Waals surface area contributed by atoms with Gasteiger partial charge in [0.1, 0.15) is 0 Å². The average Bonchev–Trinajstić information content (AvgIpc) is 2.42. The van der Waals surface area contributed by atoms with Crippen LogP contribution < -0.4 is 10.9 Å². The van der Waals surface area contributed by atoms with Crippen molar-refractivity contribution < 1.29 is 4.79 Å². The van der Waals surface area contributed by atoms with E-state index in [1.165, 1.54) is 0 Å². The number of carbonyl (C=O) groups is 1. The van der Waals surface area contributed by atoms with Gasteiger partial charge in [-0.25, -0.2) is 5.10 Å². The first-order chi connectivity index (χ1) is 9.15. The topological polar surface area (TPSA) is 74.8 Å². The molecule has 0 spiro atoms. The quantitative estimate of drug-likeness (QED) is 0.884. The number of aromatic amines is 1. The lowest BCUT2D eigenvalue weighted by Crippen LogP contribution is -2.13. The Morgan fingerprint density at radius 3 is 2.79 bits per heavy atom. The third-order valence-electron chi connectivity index (χ3n) is 2.96. The maximum atomic E-state index is 11.8. The van der Waals surface area contributed by atoms with E-state index in [1.807, 2.05) is 6.07 Å². The van der Waals surface area contributed by atoms with Crippen molar-refractivity contribution in [3.05, 3.63) is 34.2 Å². The predicted octanol–water partition coefficient (Wildman–Crippen LogP) is 2.22. The van der Waals surface area contributed by atoms with Crippen LogP contribution >= 0.6 is 0 Å². The number of hydrogen-bond acceptors (Lipinski definition) is 3. The van der Waals surface area contributed by atoms with E-state index in [9.17, 15) is 9.59 Å². The fraction of sp³-hybridized carbons (Fsp3) is 0.357. The summed E-state index contributed by atoms with van der Waals surface area (Å²) in [6.07, 6.45) is 2.18. The normalized spacial score (nSPS) is 10.6. The summed E-state index contributed by atoms with van der Waals surface area (Å²) in [6, 6.07) is 5.34. The van der Waals surface area contributed by atoms with E-state index in [0.29, 0.717) is 17.5 Å². The molecule has 0 bridgehead atoms. The van der Waals surface area contributed by atoms with Crippen LogP contribution in [-0.4, -0.2) is 16.1 Å². The highest BCUT2D eigenvalue weighted by Gasteiger charge is 2.07. The minimum absolute atomic E-state index is 0.0707. The Bertz CT molecular complexity index is 661. The number of aromatic nitrogens is 2. The zero-order valence-electron chi connectivity index (χ0n) is 11.1. The minimum atomic E-state index is -0.234. The predicted molar refractivity (Wildman–Crippen MR) is 75.3 cm³/mol.